The maximum absolute atomic E-state index is 13.2. The minimum absolute atomic E-state index is 0.0303. The summed E-state index contributed by atoms with van der Waals surface area (Å²) in [6.07, 6.45) is 0. The van der Waals surface area contributed by atoms with Crippen LogP contribution in [0, 0.1) is 0 Å². The fourth-order valence-corrected chi connectivity index (χ4v) is 3.78. The number of amides is 2. The second-order valence-corrected chi connectivity index (χ2v) is 8.30. The van der Waals surface area contributed by atoms with Gasteiger partial charge in [-0.05, 0) is 48.9 Å². The normalized spacial score (nSPS) is 11.4. The van der Waals surface area contributed by atoms with Crippen molar-refractivity contribution in [3.05, 3.63) is 90.5 Å². The summed E-state index contributed by atoms with van der Waals surface area (Å²) in [6.45, 7) is 2.32. The van der Waals surface area contributed by atoms with Crippen molar-refractivity contribution in [2.75, 3.05) is 23.1 Å². The van der Waals surface area contributed by atoms with Crippen molar-refractivity contribution >= 4 is 35.0 Å². The van der Waals surface area contributed by atoms with Crippen molar-refractivity contribution in [3.8, 4) is 5.75 Å². The smallest absolute Gasteiger partial charge is 0.240 e. The van der Waals surface area contributed by atoms with Crippen LogP contribution >= 0.6 is 11.8 Å². The Morgan fingerprint density at radius 3 is 2.16 bits per heavy atom. The first-order valence-electron chi connectivity index (χ1n) is 10.0. The number of nitrogens with zero attached hydrogens (tertiary/aromatic N) is 1. The van der Waals surface area contributed by atoms with E-state index in [9.17, 15) is 9.59 Å². The highest BCUT2D eigenvalue weighted by Crippen LogP contribution is 2.22. The summed E-state index contributed by atoms with van der Waals surface area (Å²) in [5, 5.41) is 2.48. The molecule has 3 rings (SSSR count). The van der Waals surface area contributed by atoms with Crippen LogP contribution in [0.3, 0.4) is 0 Å². The van der Waals surface area contributed by atoms with Crippen LogP contribution in [-0.2, 0) is 16.1 Å². The van der Waals surface area contributed by atoms with Gasteiger partial charge in [-0.3, -0.25) is 9.59 Å². The number of carbonyl (C=O) groups is 2. The molecule has 0 fully saturated rings. The lowest BCUT2D eigenvalue weighted by molar-refractivity contribution is -0.118. The molecular weight excluding hydrogens is 408 g/mol. The highest BCUT2D eigenvalue weighted by Gasteiger charge is 2.23. The van der Waals surface area contributed by atoms with E-state index in [0.29, 0.717) is 12.2 Å². The van der Waals surface area contributed by atoms with Crippen LogP contribution in [0.15, 0.2) is 84.9 Å². The van der Waals surface area contributed by atoms with Crippen LogP contribution < -0.4 is 15.0 Å². The number of benzene rings is 3. The van der Waals surface area contributed by atoms with Crippen LogP contribution in [0.5, 0.6) is 5.75 Å². The molecule has 3 aromatic carbocycles. The molecule has 0 aliphatic rings. The second kappa shape index (κ2) is 11.2. The maximum Gasteiger partial charge on any atom is 0.240 e. The van der Waals surface area contributed by atoms with Gasteiger partial charge in [0.25, 0.3) is 0 Å². The Hall–Kier alpha value is -3.25. The van der Waals surface area contributed by atoms with Gasteiger partial charge in [0, 0.05) is 11.4 Å². The summed E-state index contributed by atoms with van der Waals surface area (Å²) in [5.74, 6) is 0.736. The lowest BCUT2D eigenvalue weighted by Crippen LogP contribution is -2.36. The molecule has 1 atom stereocenters. The first kappa shape index (κ1) is 22.4. The molecule has 0 aromatic heterocycles. The number of nitrogens with one attached hydrogen (secondary N) is 1. The van der Waals surface area contributed by atoms with E-state index in [0.717, 1.165) is 17.0 Å². The predicted molar refractivity (Wildman–Crippen MR) is 128 cm³/mol. The zero-order valence-corrected chi connectivity index (χ0v) is 18.5. The lowest BCUT2D eigenvalue weighted by atomic mass is 10.2. The molecule has 1 unspecified atom stereocenters. The molecule has 0 saturated carbocycles. The van der Waals surface area contributed by atoms with Crippen molar-refractivity contribution in [2.24, 2.45) is 0 Å². The number of ether oxygens (including phenoxy) is 1. The number of hydrogen-bond donors (Lipinski definition) is 1. The summed E-state index contributed by atoms with van der Waals surface area (Å²) in [7, 11) is 1.60. The van der Waals surface area contributed by atoms with E-state index in [2.05, 4.69) is 5.32 Å². The minimum Gasteiger partial charge on any atom is -0.497 e. The van der Waals surface area contributed by atoms with E-state index in [1.54, 1.807) is 36.3 Å². The molecule has 1 N–H and O–H groups in total. The third-order valence-corrected chi connectivity index (χ3v) is 5.83. The number of anilines is 2. The van der Waals surface area contributed by atoms with Crippen LogP contribution in [0.1, 0.15) is 12.5 Å². The summed E-state index contributed by atoms with van der Waals surface area (Å²) < 4.78 is 5.12. The number of methoxy groups -OCH3 is 1. The second-order valence-electron chi connectivity index (χ2n) is 6.98. The molecule has 2 amide bonds. The number of para-hydroxylation sites is 1. The predicted octanol–water partition coefficient (Wildman–Crippen LogP) is 4.99. The Labute approximate surface area is 187 Å². The number of thioether (sulfide) groups is 1. The zero-order valence-electron chi connectivity index (χ0n) is 17.7. The summed E-state index contributed by atoms with van der Waals surface area (Å²) in [6, 6.07) is 26.6. The average molecular weight is 435 g/mol. The Balaban J connectivity index is 1.61. The van der Waals surface area contributed by atoms with Crippen LogP contribution in [0.4, 0.5) is 11.4 Å². The van der Waals surface area contributed by atoms with Crippen molar-refractivity contribution < 1.29 is 14.3 Å². The lowest BCUT2D eigenvalue weighted by Gasteiger charge is -2.26. The molecule has 0 heterocycles. The Morgan fingerprint density at radius 1 is 0.935 bits per heavy atom. The SMILES string of the molecule is COc1ccc(NC(=O)CSC(C)C(=O)N(Cc2ccccc2)c2ccccc2)cc1. The standard InChI is InChI=1S/C25H26N2O3S/c1-19(31-18-24(28)26-21-13-15-23(30-2)16-14-21)25(29)27(22-11-7-4-8-12-22)17-20-9-5-3-6-10-20/h3-16,19H,17-18H2,1-2H3,(H,26,28). The fourth-order valence-electron chi connectivity index (χ4n) is 3.03. The van der Waals surface area contributed by atoms with Crippen LogP contribution in [0.25, 0.3) is 0 Å². The highest BCUT2D eigenvalue weighted by molar-refractivity contribution is 8.01. The third kappa shape index (κ3) is 6.62. The van der Waals surface area contributed by atoms with Crippen molar-refractivity contribution in [1.82, 2.24) is 0 Å². The molecule has 160 valence electrons. The van der Waals surface area contributed by atoms with Crippen molar-refractivity contribution in [3.63, 3.8) is 0 Å². The average Bonchev–Trinajstić information content (AvgIpc) is 2.82. The monoisotopic (exact) mass is 434 g/mol. The van der Waals surface area contributed by atoms with E-state index in [-0.39, 0.29) is 22.8 Å². The van der Waals surface area contributed by atoms with Gasteiger partial charge in [-0.25, -0.2) is 0 Å². The summed E-state index contributed by atoms with van der Waals surface area (Å²) in [4.78, 5) is 27.4. The first-order valence-corrected chi connectivity index (χ1v) is 11.1. The van der Waals surface area contributed by atoms with Gasteiger partial charge in [0.1, 0.15) is 5.75 Å². The van der Waals surface area contributed by atoms with Gasteiger partial charge < -0.3 is 15.0 Å². The maximum atomic E-state index is 13.2. The van der Waals surface area contributed by atoms with Gasteiger partial charge in [-0.1, -0.05) is 48.5 Å². The Kier molecular flexibility index (Phi) is 8.12. The molecule has 31 heavy (non-hydrogen) atoms. The quantitative estimate of drug-likeness (QED) is 0.516. The Bertz CT molecular complexity index is 979. The van der Waals surface area contributed by atoms with E-state index in [4.69, 9.17) is 4.74 Å². The fraction of sp³-hybridized carbons (Fsp3) is 0.200. The molecule has 0 spiro atoms. The molecule has 0 aliphatic carbocycles. The number of rotatable bonds is 9. The molecule has 0 aliphatic heterocycles. The van der Waals surface area contributed by atoms with Gasteiger partial charge in [-0.15, -0.1) is 11.8 Å². The first-order chi connectivity index (χ1) is 15.1. The molecular formula is C25H26N2O3S. The van der Waals surface area contributed by atoms with Gasteiger partial charge >= 0.3 is 0 Å². The third-order valence-electron chi connectivity index (χ3n) is 4.70. The van der Waals surface area contributed by atoms with E-state index >= 15 is 0 Å². The largest absolute Gasteiger partial charge is 0.497 e. The summed E-state index contributed by atoms with van der Waals surface area (Å²) in [5.41, 5.74) is 2.58. The molecule has 0 saturated heterocycles. The zero-order chi connectivity index (χ0) is 22.1. The number of carbonyl (C=O) groups excluding carboxylic acids is 2. The molecule has 0 bridgehead atoms. The van der Waals surface area contributed by atoms with Crippen LogP contribution in [0.2, 0.25) is 0 Å². The number of hydrogen-bond acceptors (Lipinski definition) is 4. The summed E-state index contributed by atoms with van der Waals surface area (Å²) >= 11 is 1.33. The van der Waals surface area contributed by atoms with Gasteiger partial charge in [-0.2, -0.15) is 0 Å². The van der Waals surface area contributed by atoms with Gasteiger partial charge in [0.15, 0.2) is 0 Å². The topological polar surface area (TPSA) is 58.6 Å². The van der Waals surface area contributed by atoms with Crippen LogP contribution in [-0.4, -0.2) is 29.9 Å². The van der Waals surface area contributed by atoms with Crippen molar-refractivity contribution in [1.29, 1.82) is 0 Å². The molecule has 3 aromatic rings. The highest BCUT2D eigenvalue weighted by atomic mass is 32.2. The Morgan fingerprint density at radius 2 is 1.55 bits per heavy atom. The van der Waals surface area contributed by atoms with E-state index < -0.39 is 0 Å². The molecule has 6 heteroatoms. The van der Waals surface area contributed by atoms with Gasteiger partial charge in [0.2, 0.25) is 11.8 Å². The molecule has 5 nitrogen and oxygen atoms in total. The van der Waals surface area contributed by atoms with E-state index in [1.165, 1.54) is 11.8 Å². The minimum atomic E-state index is -0.370. The van der Waals surface area contributed by atoms with Gasteiger partial charge in [0.05, 0.1) is 24.7 Å². The van der Waals surface area contributed by atoms with E-state index in [1.807, 2.05) is 67.6 Å². The molecule has 0 radical (unpaired) electrons. The van der Waals surface area contributed by atoms with Crippen molar-refractivity contribution in [2.45, 2.75) is 18.7 Å².